The summed E-state index contributed by atoms with van der Waals surface area (Å²) in [4.78, 5) is 25.6. The second kappa shape index (κ2) is 46.6. The van der Waals surface area contributed by atoms with E-state index in [0.717, 1.165) is 38.5 Å². The minimum atomic E-state index is -4.61. The van der Waals surface area contributed by atoms with Crippen molar-refractivity contribution in [3.63, 3.8) is 0 Å². The van der Waals surface area contributed by atoms with Gasteiger partial charge in [0.2, 0.25) is 0 Å². The fraction of sp³-hybridized carbons (Fsp3) is 0.860. The molecule has 0 radical (unpaired) electrons. The number of hydrogen-bond donors (Lipinski definition) is 4. The Bertz CT molecular complexity index is 1420. The zero-order valence-electron chi connectivity index (χ0n) is 44.4. The Labute approximate surface area is 427 Å². The third kappa shape index (κ3) is 40.4. The van der Waals surface area contributed by atoms with Crippen molar-refractivity contribution in [1.29, 1.82) is 0 Å². The molecule has 410 valence electrons. The molecule has 0 aromatic carbocycles. The van der Waals surface area contributed by atoms with Gasteiger partial charge >= 0.3 is 11.9 Å². The number of aliphatic hydroxyl groups excluding tert-OH is 3. The monoisotopic (exact) mass is 1010 g/mol. The van der Waals surface area contributed by atoms with Gasteiger partial charge in [0.15, 0.2) is 12.4 Å². The Balaban J connectivity index is 2.34. The van der Waals surface area contributed by atoms with Crippen LogP contribution in [0.15, 0.2) is 36.5 Å². The maximum atomic E-state index is 12.9. The van der Waals surface area contributed by atoms with Crippen LogP contribution in [0.5, 0.6) is 0 Å². The first-order chi connectivity index (χ1) is 34.0. The van der Waals surface area contributed by atoms with Crippen LogP contribution in [0.25, 0.3) is 0 Å². The summed E-state index contributed by atoms with van der Waals surface area (Å²) in [5.41, 5.74) is 0. The predicted molar refractivity (Wildman–Crippen MR) is 284 cm³/mol. The maximum Gasteiger partial charge on any atom is 0.306 e. The molecule has 70 heavy (non-hydrogen) atoms. The van der Waals surface area contributed by atoms with Crippen molar-refractivity contribution in [3.05, 3.63) is 36.5 Å². The average Bonchev–Trinajstić information content (AvgIpc) is 3.33. The van der Waals surface area contributed by atoms with E-state index >= 15 is 0 Å². The zero-order chi connectivity index (χ0) is 51.2. The molecule has 6 atom stereocenters. The Morgan fingerprint density at radius 2 is 0.843 bits per heavy atom. The number of unbranched alkanes of at least 4 members (excludes halogenated alkanes) is 31. The molecule has 0 saturated carbocycles. The van der Waals surface area contributed by atoms with Gasteiger partial charge in [-0.15, -0.1) is 0 Å². The molecule has 0 aromatic rings. The normalized spacial score (nSPS) is 19.2. The summed E-state index contributed by atoms with van der Waals surface area (Å²) in [6.45, 7) is 3.77. The molecule has 0 aromatic heterocycles. The highest BCUT2D eigenvalue weighted by atomic mass is 32.2. The second-order valence-corrected chi connectivity index (χ2v) is 21.4. The number of carbonyl (C=O) groups is 2. The number of ether oxygens (including phenoxy) is 4. The Morgan fingerprint density at radius 3 is 1.27 bits per heavy atom. The van der Waals surface area contributed by atoms with E-state index in [1.54, 1.807) is 0 Å². The van der Waals surface area contributed by atoms with E-state index in [1.807, 2.05) is 0 Å². The minimum absolute atomic E-state index is 0.155. The van der Waals surface area contributed by atoms with Crippen LogP contribution in [0.2, 0.25) is 0 Å². The van der Waals surface area contributed by atoms with E-state index in [-0.39, 0.29) is 19.4 Å². The van der Waals surface area contributed by atoms with Crippen molar-refractivity contribution < 1.29 is 56.8 Å². The number of esters is 2. The maximum absolute atomic E-state index is 12.9. The van der Waals surface area contributed by atoms with Crippen molar-refractivity contribution in [2.45, 2.75) is 295 Å². The highest BCUT2D eigenvalue weighted by Gasteiger charge is 2.46. The van der Waals surface area contributed by atoms with Gasteiger partial charge in [0.1, 0.15) is 36.8 Å². The van der Waals surface area contributed by atoms with Gasteiger partial charge in [0, 0.05) is 12.8 Å². The zero-order valence-corrected chi connectivity index (χ0v) is 45.2. The quantitative estimate of drug-likeness (QED) is 0.0196. The van der Waals surface area contributed by atoms with Crippen LogP contribution in [0.3, 0.4) is 0 Å². The first-order valence-corrected chi connectivity index (χ1v) is 30.2. The Hall–Kier alpha value is -2.13. The summed E-state index contributed by atoms with van der Waals surface area (Å²) < 4.78 is 54.3. The van der Waals surface area contributed by atoms with Crippen LogP contribution in [0.1, 0.15) is 258 Å². The summed E-state index contributed by atoms with van der Waals surface area (Å²) in [5.74, 6) is -2.03. The number of allylic oxidation sites excluding steroid dienone is 6. The third-order valence-corrected chi connectivity index (χ3v) is 13.9. The lowest BCUT2D eigenvalue weighted by Crippen LogP contribution is -2.60. The SMILES string of the molecule is CCCCCCCC/C=C/CCCCCCCCCCCC(=O)O[C@H](COC(=O)CCC/C=C/CC/C=C/CCCCCCCCCCCCCCCC)CO[C@H]1O[C@H](CS(=O)(=O)O)[C@@H](O)C(O)C1O. The lowest BCUT2D eigenvalue weighted by atomic mass is 10.00. The van der Waals surface area contributed by atoms with E-state index in [0.29, 0.717) is 19.3 Å². The van der Waals surface area contributed by atoms with E-state index in [9.17, 15) is 37.9 Å². The lowest BCUT2D eigenvalue weighted by molar-refractivity contribution is -0.297. The smallest absolute Gasteiger partial charge is 0.306 e. The first-order valence-electron chi connectivity index (χ1n) is 28.5. The molecule has 4 N–H and O–H groups in total. The van der Waals surface area contributed by atoms with Gasteiger partial charge in [0.25, 0.3) is 10.1 Å². The van der Waals surface area contributed by atoms with Gasteiger partial charge in [-0.2, -0.15) is 8.42 Å². The van der Waals surface area contributed by atoms with Crippen molar-refractivity contribution in [2.24, 2.45) is 0 Å². The van der Waals surface area contributed by atoms with Crippen molar-refractivity contribution in [3.8, 4) is 0 Å². The average molecular weight is 1010 g/mol. The summed E-state index contributed by atoms with van der Waals surface area (Å²) in [6.07, 6.45) is 47.7. The van der Waals surface area contributed by atoms with Crippen molar-refractivity contribution >= 4 is 22.1 Å². The van der Waals surface area contributed by atoms with Crippen LogP contribution >= 0.6 is 0 Å². The number of hydrogen-bond acceptors (Lipinski definition) is 11. The van der Waals surface area contributed by atoms with Crippen molar-refractivity contribution in [1.82, 2.24) is 0 Å². The molecule has 13 heteroatoms. The lowest BCUT2D eigenvalue weighted by Gasteiger charge is -2.40. The van der Waals surface area contributed by atoms with Crippen LogP contribution in [-0.4, -0.2) is 96.0 Å². The highest BCUT2D eigenvalue weighted by Crippen LogP contribution is 2.24. The van der Waals surface area contributed by atoms with Crippen LogP contribution in [-0.2, 0) is 38.7 Å². The number of rotatable bonds is 49. The Kier molecular flexibility index (Phi) is 43.9. The van der Waals surface area contributed by atoms with Crippen LogP contribution < -0.4 is 0 Å². The predicted octanol–water partition coefficient (Wildman–Crippen LogP) is 13.7. The third-order valence-electron chi connectivity index (χ3n) is 13.2. The Morgan fingerprint density at radius 1 is 0.471 bits per heavy atom. The minimum Gasteiger partial charge on any atom is -0.462 e. The molecule has 1 aliphatic heterocycles. The molecular formula is C57H104O12S. The molecule has 1 aliphatic rings. The molecule has 1 saturated heterocycles. The van der Waals surface area contributed by atoms with Crippen LogP contribution in [0, 0.1) is 0 Å². The molecule has 0 spiro atoms. The topological polar surface area (TPSA) is 186 Å². The molecule has 1 rings (SSSR count). The van der Waals surface area contributed by atoms with E-state index in [2.05, 4.69) is 50.3 Å². The van der Waals surface area contributed by atoms with Gasteiger partial charge in [0.05, 0.1) is 6.61 Å². The molecule has 12 nitrogen and oxygen atoms in total. The second-order valence-electron chi connectivity index (χ2n) is 19.9. The van der Waals surface area contributed by atoms with Gasteiger partial charge < -0.3 is 34.3 Å². The summed E-state index contributed by atoms with van der Waals surface area (Å²) in [5, 5.41) is 31.0. The summed E-state index contributed by atoms with van der Waals surface area (Å²) in [6, 6.07) is 0. The van der Waals surface area contributed by atoms with E-state index < -0.39 is 71.2 Å². The van der Waals surface area contributed by atoms with Gasteiger partial charge in [-0.1, -0.05) is 211 Å². The van der Waals surface area contributed by atoms with Crippen LogP contribution in [0.4, 0.5) is 0 Å². The van der Waals surface area contributed by atoms with Crippen molar-refractivity contribution in [2.75, 3.05) is 19.0 Å². The van der Waals surface area contributed by atoms with Gasteiger partial charge in [-0.25, -0.2) is 0 Å². The molecule has 1 fully saturated rings. The molecule has 1 heterocycles. The standard InChI is InChI=1S/C57H104O12S/c1-3-5-7-9-11-13-15-17-19-21-23-24-25-26-28-29-31-33-35-37-39-41-43-45-52(58)66-47-50(48-67-57-56(62)55(61)54(60)51(69-57)49-70(63,64)65)68-53(59)46-44-42-40-38-36-34-32-30-27-22-20-18-16-14-12-10-8-6-4-2/h18,20,29,31,37,39,50-51,54-57,60-62H,3-17,19,21-28,30,32-36,38,40-49H2,1-2H3,(H,63,64,65)/b20-18+,31-29+,39-37+/t50-,51-,54-,55?,56?,57+/m1/s1. The summed E-state index contributed by atoms with van der Waals surface area (Å²) in [7, 11) is -4.61. The molecule has 0 aliphatic carbocycles. The molecule has 0 amide bonds. The molecule has 2 unspecified atom stereocenters. The van der Waals surface area contributed by atoms with E-state index in [4.69, 9.17) is 18.9 Å². The summed E-state index contributed by atoms with van der Waals surface area (Å²) >= 11 is 0. The van der Waals surface area contributed by atoms with Gasteiger partial charge in [-0.05, 0) is 70.6 Å². The molecule has 0 bridgehead atoms. The fourth-order valence-electron chi connectivity index (χ4n) is 8.75. The highest BCUT2D eigenvalue weighted by molar-refractivity contribution is 7.85. The number of aliphatic hydroxyl groups is 3. The molecular weight excluding hydrogens is 909 g/mol. The van der Waals surface area contributed by atoms with Gasteiger partial charge in [-0.3, -0.25) is 14.1 Å². The van der Waals surface area contributed by atoms with E-state index in [1.165, 1.54) is 173 Å². The number of carbonyl (C=O) groups excluding carboxylic acids is 2. The largest absolute Gasteiger partial charge is 0.462 e. The fourth-order valence-corrected chi connectivity index (χ4v) is 9.44. The first kappa shape index (κ1) is 65.9.